The smallest absolute Gasteiger partial charge is 0.294 e. The SMILES string of the molecule is Cc1cc(N=C2C=CC(=C(c3ccc(Nc4ccc(S(=O)(=O)O)c(C)c4)cc3)c3ccc(Nc4ccc(S(=O)(=O)O)c(C)c4)cc3)C=C2)ccc1S(=O)(=O)O. The van der Waals surface area contributed by atoms with E-state index in [-0.39, 0.29) is 14.7 Å². The van der Waals surface area contributed by atoms with Crippen molar-refractivity contribution in [3.05, 3.63) is 161 Å². The minimum Gasteiger partial charge on any atom is -0.356 e. The zero-order chi connectivity index (χ0) is 39.7. The molecule has 0 saturated carbocycles. The predicted octanol–water partition coefficient (Wildman–Crippen LogP) is 8.54. The molecule has 282 valence electrons. The second-order valence-electron chi connectivity index (χ2n) is 12.8. The summed E-state index contributed by atoms with van der Waals surface area (Å²) in [6.45, 7) is 4.77. The minimum atomic E-state index is -4.35. The quantitative estimate of drug-likeness (QED) is 0.0849. The number of nitrogens with one attached hydrogen (secondary N) is 2. The van der Waals surface area contributed by atoms with Crippen molar-refractivity contribution in [3.8, 4) is 0 Å². The predicted molar refractivity (Wildman–Crippen MR) is 214 cm³/mol. The Morgan fingerprint density at radius 1 is 0.473 bits per heavy atom. The molecule has 0 radical (unpaired) electrons. The highest BCUT2D eigenvalue weighted by atomic mass is 32.2. The van der Waals surface area contributed by atoms with Crippen LogP contribution >= 0.6 is 0 Å². The van der Waals surface area contributed by atoms with Crippen molar-refractivity contribution in [3.63, 3.8) is 0 Å². The first-order valence-corrected chi connectivity index (χ1v) is 20.9. The van der Waals surface area contributed by atoms with Crippen LogP contribution in [0.2, 0.25) is 0 Å². The van der Waals surface area contributed by atoms with E-state index in [0.717, 1.165) is 33.6 Å². The second-order valence-corrected chi connectivity index (χ2v) is 16.9. The molecule has 12 nitrogen and oxygen atoms in total. The molecular formula is C40H35N3O9S3. The van der Waals surface area contributed by atoms with E-state index in [2.05, 4.69) is 15.6 Å². The summed E-state index contributed by atoms with van der Waals surface area (Å²) in [5.74, 6) is 0. The maximum Gasteiger partial charge on any atom is 0.294 e. The normalized spacial score (nSPS) is 13.1. The van der Waals surface area contributed by atoms with Gasteiger partial charge in [-0.15, -0.1) is 0 Å². The molecule has 0 aromatic heterocycles. The van der Waals surface area contributed by atoms with Crippen molar-refractivity contribution < 1.29 is 38.9 Å². The van der Waals surface area contributed by atoms with Crippen LogP contribution < -0.4 is 10.6 Å². The number of aryl methyl sites for hydroxylation is 3. The van der Waals surface area contributed by atoms with Gasteiger partial charge in [-0.25, -0.2) is 4.99 Å². The van der Waals surface area contributed by atoms with Gasteiger partial charge in [0.15, 0.2) is 0 Å². The number of hydrogen-bond acceptors (Lipinski definition) is 9. The Balaban J connectivity index is 1.32. The number of nitrogens with zero attached hydrogens (tertiary/aromatic N) is 1. The highest BCUT2D eigenvalue weighted by Gasteiger charge is 2.17. The van der Waals surface area contributed by atoms with Gasteiger partial charge in [0, 0.05) is 22.7 Å². The van der Waals surface area contributed by atoms with Crippen LogP contribution in [0.4, 0.5) is 28.4 Å². The van der Waals surface area contributed by atoms with E-state index in [1.807, 2.05) is 72.8 Å². The van der Waals surface area contributed by atoms with Crippen LogP contribution in [0.1, 0.15) is 27.8 Å². The third-order valence-electron chi connectivity index (χ3n) is 8.68. The molecule has 0 fully saturated rings. The third-order valence-corrected chi connectivity index (χ3v) is 11.7. The van der Waals surface area contributed by atoms with E-state index in [1.54, 1.807) is 51.1 Å². The Kier molecular flexibility index (Phi) is 10.8. The molecule has 0 unspecified atom stereocenters. The molecule has 5 aromatic carbocycles. The number of rotatable bonds is 10. The molecule has 1 aliphatic rings. The second kappa shape index (κ2) is 15.2. The van der Waals surface area contributed by atoms with Gasteiger partial charge < -0.3 is 10.6 Å². The Morgan fingerprint density at radius 3 is 1.20 bits per heavy atom. The number of hydrogen-bond donors (Lipinski definition) is 5. The molecule has 0 saturated heterocycles. The lowest BCUT2D eigenvalue weighted by atomic mass is 9.90. The Hall–Kier alpha value is -5.68. The average Bonchev–Trinajstić information content (AvgIpc) is 3.09. The molecule has 15 heteroatoms. The van der Waals surface area contributed by atoms with E-state index < -0.39 is 30.4 Å². The van der Waals surface area contributed by atoms with Gasteiger partial charge in [-0.3, -0.25) is 13.7 Å². The lowest BCUT2D eigenvalue weighted by Crippen LogP contribution is -2.02. The molecule has 5 N–H and O–H groups in total. The summed E-state index contributed by atoms with van der Waals surface area (Å²) in [5, 5.41) is 6.52. The van der Waals surface area contributed by atoms with Crippen LogP contribution in [0, 0.1) is 20.8 Å². The van der Waals surface area contributed by atoms with Gasteiger partial charge in [0.1, 0.15) is 0 Å². The van der Waals surface area contributed by atoms with Crippen LogP contribution in [-0.2, 0) is 30.4 Å². The maximum absolute atomic E-state index is 11.6. The van der Waals surface area contributed by atoms with Gasteiger partial charge in [0.25, 0.3) is 30.4 Å². The zero-order valence-corrected chi connectivity index (χ0v) is 32.0. The van der Waals surface area contributed by atoms with Crippen LogP contribution in [0.25, 0.3) is 5.57 Å². The number of aliphatic imine (C=N–C) groups is 1. The third kappa shape index (κ3) is 9.35. The van der Waals surface area contributed by atoms with Crippen molar-refractivity contribution in [1.29, 1.82) is 0 Å². The molecule has 6 rings (SSSR count). The molecule has 0 heterocycles. The molecule has 0 bridgehead atoms. The van der Waals surface area contributed by atoms with Crippen LogP contribution in [0.3, 0.4) is 0 Å². The molecule has 0 aliphatic heterocycles. The first kappa shape index (κ1) is 39.0. The fourth-order valence-electron chi connectivity index (χ4n) is 6.15. The van der Waals surface area contributed by atoms with Crippen molar-refractivity contribution in [2.45, 2.75) is 35.5 Å². The van der Waals surface area contributed by atoms with E-state index in [1.165, 1.54) is 24.3 Å². The summed E-state index contributed by atoms with van der Waals surface area (Å²) in [6, 6.07) is 28.8. The van der Waals surface area contributed by atoms with Gasteiger partial charge in [-0.1, -0.05) is 36.4 Å². The molecular weight excluding hydrogens is 763 g/mol. The van der Waals surface area contributed by atoms with E-state index >= 15 is 0 Å². The largest absolute Gasteiger partial charge is 0.356 e. The zero-order valence-electron chi connectivity index (χ0n) is 29.6. The highest BCUT2D eigenvalue weighted by Crippen LogP contribution is 2.33. The van der Waals surface area contributed by atoms with Gasteiger partial charge in [-0.2, -0.15) is 25.3 Å². The number of benzene rings is 5. The summed E-state index contributed by atoms with van der Waals surface area (Å²) < 4.78 is 98.2. The Labute approximate surface area is 319 Å². The fraction of sp³-hybridized carbons (Fsp3) is 0.0750. The summed E-state index contributed by atoms with van der Waals surface area (Å²) >= 11 is 0. The first-order chi connectivity index (χ1) is 25.8. The molecule has 5 aromatic rings. The first-order valence-electron chi connectivity index (χ1n) is 16.5. The summed E-state index contributed by atoms with van der Waals surface area (Å²) in [7, 11) is -13.0. The van der Waals surface area contributed by atoms with Gasteiger partial charge in [0.2, 0.25) is 0 Å². The van der Waals surface area contributed by atoms with Crippen molar-refractivity contribution >= 4 is 70.1 Å². The Morgan fingerprint density at radius 2 is 0.836 bits per heavy atom. The minimum absolute atomic E-state index is 0.164. The lowest BCUT2D eigenvalue weighted by molar-refractivity contribution is 0.480. The van der Waals surface area contributed by atoms with Crippen LogP contribution in [0.5, 0.6) is 0 Å². The number of allylic oxidation sites excluding steroid dienone is 5. The summed E-state index contributed by atoms with van der Waals surface area (Å²) in [4.78, 5) is 4.12. The molecule has 1 aliphatic carbocycles. The van der Waals surface area contributed by atoms with Gasteiger partial charge in [-0.05, 0) is 151 Å². The highest BCUT2D eigenvalue weighted by molar-refractivity contribution is 7.86. The molecule has 0 amide bonds. The average molecular weight is 798 g/mol. The standard InChI is InChI=1S/C40H35N3O9S3/c1-25-22-34(16-19-37(25)53(44,45)46)41-31-10-4-28(5-11-31)40(29-6-12-32(13-7-29)42-35-17-20-38(26(2)23-35)54(47,48)49)30-8-14-33(15-9-30)43-36-18-21-39(27(3)24-36)55(50,51)52/h4-24,41-42H,1-3H3,(H,44,45,46)(H,47,48,49)(H,50,51,52). The fourth-order valence-corrected chi connectivity index (χ4v) is 8.27. The summed E-state index contributed by atoms with van der Waals surface area (Å²) in [6.07, 6.45) is 7.52. The van der Waals surface area contributed by atoms with E-state index in [9.17, 15) is 38.9 Å². The molecule has 0 atom stereocenters. The topological polar surface area (TPSA) is 200 Å². The van der Waals surface area contributed by atoms with E-state index in [4.69, 9.17) is 0 Å². The van der Waals surface area contributed by atoms with Crippen molar-refractivity contribution in [2.24, 2.45) is 4.99 Å². The lowest BCUT2D eigenvalue weighted by Gasteiger charge is -2.16. The van der Waals surface area contributed by atoms with Crippen LogP contribution in [0.15, 0.2) is 153 Å². The monoisotopic (exact) mass is 797 g/mol. The van der Waals surface area contributed by atoms with Gasteiger partial charge >= 0.3 is 0 Å². The van der Waals surface area contributed by atoms with Crippen molar-refractivity contribution in [1.82, 2.24) is 0 Å². The molecule has 0 spiro atoms. The summed E-state index contributed by atoms with van der Waals surface area (Å²) in [5.41, 5.74) is 8.53. The van der Waals surface area contributed by atoms with Crippen LogP contribution in [-0.4, -0.2) is 44.6 Å². The van der Waals surface area contributed by atoms with Crippen molar-refractivity contribution in [2.75, 3.05) is 10.6 Å². The Bertz CT molecular complexity index is 2640. The maximum atomic E-state index is 11.6. The molecule has 55 heavy (non-hydrogen) atoms. The van der Waals surface area contributed by atoms with Gasteiger partial charge in [0.05, 0.1) is 26.1 Å². The van der Waals surface area contributed by atoms with E-state index in [0.29, 0.717) is 39.5 Å². The number of anilines is 4.